The van der Waals surface area contributed by atoms with Gasteiger partial charge in [0.05, 0.1) is 0 Å². The first kappa shape index (κ1) is 8.73. The molecule has 0 nitrogen and oxygen atoms in total. The molecule has 0 aliphatic heterocycles. The van der Waals surface area contributed by atoms with Gasteiger partial charge in [-0.25, -0.2) is 0 Å². The molecule has 1 aliphatic rings. The fourth-order valence-electron chi connectivity index (χ4n) is 0.493. The average Bonchev–Trinajstić information content (AvgIpc) is 2.14. The van der Waals surface area contributed by atoms with Gasteiger partial charge in [-0.05, 0) is 0 Å². The summed E-state index contributed by atoms with van der Waals surface area (Å²) in [6, 6.07) is 0. The first-order valence-electron chi connectivity index (χ1n) is 2.16. The molecule has 42 valence electrons. The first-order valence-corrected chi connectivity index (χ1v) is 3.85. The van der Waals surface area contributed by atoms with Gasteiger partial charge in [-0.1, -0.05) is 0 Å². The Morgan fingerprint density at radius 3 is 2.75 bits per heavy atom. The number of allylic oxidation sites excluding steroid dienone is 4. The van der Waals surface area contributed by atoms with Crippen molar-refractivity contribution in [1.29, 1.82) is 0 Å². The van der Waals surface area contributed by atoms with Crippen molar-refractivity contribution < 1.29 is 40.4 Å². The summed E-state index contributed by atoms with van der Waals surface area (Å²) in [5.74, 6) is 0. The van der Waals surface area contributed by atoms with Crippen LogP contribution in [0, 0.1) is 6.08 Å². The molecule has 0 aromatic rings. The molecule has 1 aliphatic carbocycles. The summed E-state index contributed by atoms with van der Waals surface area (Å²) in [6.45, 7) is 0. The molecule has 0 atom stereocenters. The van der Waals surface area contributed by atoms with Crippen LogP contribution in [0.4, 0.5) is 0 Å². The molecule has 8 heavy (non-hydrogen) atoms. The summed E-state index contributed by atoms with van der Waals surface area (Å²) in [5.41, 5.74) is 1.34. The van der Waals surface area contributed by atoms with Crippen molar-refractivity contribution in [3.8, 4) is 0 Å². The van der Waals surface area contributed by atoms with Crippen LogP contribution in [0.1, 0.15) is 6.42 Å². The summed E-state index contributed by atoms with van der Waals surface area (Å²) >= 11 is 1.51. The Kier molecular flexibility index (Phi) is 5.01. The van der Waals surface area contributed by atoms with E-state index in [0.717, 1.165) is 6.42 Å². The molecule has 0 amide bonds. The Morgan fingerprint density at radius 1 is 1.75 bits per heavy atom. The van der Waals surface area contributed by atoms with Crippen LogP contribution in [0.15, 0.2) is 17.7 Å². The van der Waals surface area contributed by atoms with E-state index in [1.807, 2.05) is 6.08 Å². The fraction of sp³-hybridized carbons (Fsp3) is 0.167. The summed E-state index contributed by atoms with van der Waals surface area (Å²) in [7, 11) is 0. The fourth-order valence-corrected chi connectivity index (χ4v) is 1.08. The van der Waals surface area contributed by atoms with Crippen LogP contribution in [-0.2, 0) is 40.4 Å². The van der Waals surface area contributed by atoms with E-state index in [2.05, 4.69) is 16.6 Å². The Hall–Kier alpha value is 0.727. The molecular formula is C6H5W2-. The molecule has 0 spiro atoms. The molecule has 0 fully saturated rings. The zero-order valence-electron chi connectivity index (χ0n) is 4.26. The van der Waals surface area contributed by atoms with Crippen molar-refractivity contribution in [3.63, 3.8) is 0 Å². The minimum absolute atomic E-state index is 0. The normalized spacial score (nSPS) is 14.8. The Bertz CT molecular complexity index is 133. The van der Waals surface area contributed by atoms with Gasteiger partial charge in [-0.15, -0.1) is 0 Å². The maximum absolute atomic E-state index is 3.11. The van der Waals surface area contributed by atoms with Crippen molar-refractivity contribution in [3.05, 3.63) is 23.8 Å². The van der Waals surface area contributed by atoms with Crippen molar-refractivity contribution >= 4 is 4.40 Å². The Labute approximate surface area is 74.7 Å². The van der Waals surface area contributed by atoms with Crippen LogP contribution in [0.3, 0.4) is 0 Å². The molecule has 0 aromatic heterocycles. The molecular weight excluding hydrogens is 440 g/mol. The van der Waals surface area contributed by atoms with Crippen LogP contribution in [0.5, 0.6) is 0 Å². The standard InChI is InChI=1S/C6H5.2W/c1-6-4-2-3-5-6;;/h1-3H,4H2;;/q-1;;. The number of rotatable bonds is 1. The van der Waals surface area contributed by atoms with Gasteiger partial charge in [0.25, 0.3) is 0 Å². The van der Waals surface area contributed by atoms with Gasteiger partial charge < -0.3 is 0 Å². The van der Waals surface area contributed by atoms with Crippen LogP contribution < -0.4 is 0 Å². The predicted octanol–water partition coefficient (Wildman–Crippen LogP) is 1.02. The van der Waals surface area contributed by atoms with Gasteiger partial charge in [-0.3, -0.25) is 0 Å². The van der Waals surface area contributed by atoms with E-state index in [4.69, 9.17) is 0 Å². The molecule has 0 heterocycles. The first-order chi connectivity index (χ1) is 3.43. The molecule has 0 saturated heterocycles. The zero-order valence-corrected chi connectivity index (χ0v) is 10.1. The van der Waals surface area contributed by atoms with Crippen molar-refractivity contribution in [1.82, 2.24) is 0 Å². The Morgan fingerprint density at radius 2 is 2.50 bits per heavy atom. The van der Waals surface area contributed by atoms with E-state index in [9.17, 15) is 0 Å². The summed E-state index contributed by atoms with van der Waals surface area (Å²) < 4.78 is 2.17. The monoisotopic (exact) mass is 445 g/mol. The summed E-state index contributed by atoms with van der Waals surface area (Å²) in [6.07, 6.45) is 8.31. The van der Waals surface area contributed by atoms with Gasteiger partial charge in [0.2, 0.25) is 0 Å². The van der Waals surface area contributed by atoms with Gasteiger partial charge in [0.1, 0.15) is 0 Å². The van der Waals surface area contributed by atoms with Crippen LogP contribution in [0.25, 0.3) is 0 Å². The molecule has 1 rings (SSSR count). The maximum atomic E-state index is 3.11. The van der Waals surface area contributed by atoms with Crippen LogP contribution >= 0.6 is 0 Å². The second-order valence-corrected chi connectivity index (χ2v) is 2.24. The van der Waals surface area contributed by atoms with Gasteiger partial charge in [0, 0.05) is 21.1 Å². The van der Waals surface area contributed by atoms with Gasteiger partial charge in [-0.2, -0.15) is 0 Å². The van der Waals surface area contributed by atoms with E-state index in [-0.39, 0.29) is 21.1 Å². The molecule has 0 aromatic carbocycles. The van der Waals surface area contributed by atoms with E-state index < -0.39 is 0 Å². The Balaban J connectivity index is 0.000000490. The van der Waals surface area contributed by atoms with Crippen molar-refractivity contribution in [2.45, 2.75) is 6.42 Å². The molecule has 0 unspecified atom stereocenters. The SMILES string of the molecule is [W].[W]=[CH]C1=[C-]C=CC1. The van der Waals surface area contributed by atoms with E-state index in [0.29, 0.717) is 0 Å². The third-order valence-electron chi connectivity index (χ3n) is 0.867. The molecule has 0 bridgehead atoms. The van der Waals surface area contributed by atoms with E-state index in [1.165, 1.54) is 24.9 Å². The third-order valence-corrected chi connectivity index (χ3v) is 1.89. The quantitative estimate of drug-likeness (QED) is 0.530. The van der Waals surface area contributed by atoms with Crippen LogP contribution in [0.2, 0.25) is 0 Å². The zero-order chi connectivity index (χ0) is 5.11. The van der Waals surface area contributed by atoms with Gasteiger partial charge >= 0.3 is 54.0 Å². The molecule has 0 radical (unpaired) electrons. The number of hydrogen-bond donors (Lipinski definition) is 0. The van der Waals surface area contributed by atoms with Gasteiger partial charge in [0.15, 0.2) is 0 Å². The second kappa shape index (κ2) is 4.59. The summed E-state index contributed by atoms with van der Waals surface area (Å²) in [5, 5.41) is 0. The molecule has 0 N–H and O–H groups in total. The minimum atomic E-state index is 0. The van der Waals surface area contributed by atoms with E-state index >= 15 is 0 Å². The van der Waals surface area contributed by atoms with E-state index in [1.54, 1.807) is 0 Å². The van der Waals surface area contributed by atoms with Crippen molar-refractivity contribution in [2.75, 3.05) is 0 Å². The predicted molar refractivity (Wildman–Crippen MR) is 26.6 cm³/mol. The summed E-state index contributed by atoms with van der Waals surface area (Å²) in [4.78, 5) is 0. The number of hydrogen-bond acceptors (Lipinski definition) is 0. The van der Waals surface area contributed by atoms with Crippen molar-refractivity contribution in [2.24, 2.45) is 0 Å². The molecule has 2 heteroatoms. The second-order valence-electron chi connectivity index (χ2n) is 1.39. The average molecular weight is 445 g/mol. The molecule has 0 saturated carbocycles. The topological polar surface area (TPSA) is 0 Å². The van der Waals surface area contributed by atoms with Crippen LogP contribution in [-0.4, -0.2) is 4.40 Å². The third kappa shape index (κ3) is 2.33.